The second-order valence-electron chi connectivity index (χ2n) is 14.9. The van der Waals surface area contributed by atoms with Crippen molar-refractivity contribution in [2.45, 2.75) is 125 Å². The fourth-order valence-electron chi connectivity index (χ4n) is 5.46. The van der Waals surface area contributed by atoms with Gasteiger partial charge in [-0.15, -0.1) is 12.3 Å². The molecule has 0 saturated carbocycles. The molecule has 4 unspecified atom stereocenters. The minimum atomic E-state index is -0.836. The maximum atomic E-state index is 13.9. The molecule has 4 amide bonds. The Kier molecular flexibility index (Phi) is 11.9. The summed E-state index contributed by atoms with van der Waals surface area (Å²) in [4.78, 5) is 56.6. The van der Waals surface area contributed by atoms with E-state index in [-0.39, 0.29) is 35.1 Å². The number of amides is 4. The number of Topliss-reactive ketones (excluding diaryl/α,β-unsaturated/α-hetero) is 1. The Morgan fingerprint density at radius 1 is 0.951 bits per heavy atom. The molecule has 232 valence electrons. The lowest BCUT2D eigenvalue weighted by atomic mass is 9.81. The minimum absolute atomic E-state index is 0.115. The summed E-state index contributed by atoms with van der Waals surface area (Å²) in [5.41, 5.74) is -0.434. The molecule has 4 atom stereocenters. The van der Waals surface area contributed by atoms with Crippen LogP contribution >= 0.6 is 0 Å². The number of carbonyl (C=O) groups excluding carboxylic acids is 4. The summed E-state index contributed by atoms with van der Waals surface area (Å²) >= 11 is 0. The topological polar surface area (TPSA) is 111 Å². The fourth-order valence-corrected chi connectivity index (χ4v) is 5.46. The van der Waals surface area contributed by atoms with E-state index in [9.17, 15) is 19.2 Å². The Morgan fingerprint density at radius 2 is 1.56 bits per heavy atom. The van der Waals surface area contributed by atoms with Crippen LogP contribution in [0.1, 0.15) is 101 Å². The van der Waals surface area contributed by atoms with E-state index in [4.69, 9.17) is 6.42 Å². The molecule has 9 nitrogen and oxygen atoms in total. The van der Waals surface area contributed by atoms with Crippen LogP contribution in [0.5, 0.6) is 0 Å². The average Bonchev–Trinajstić information content (AvgIpc) is 3.34. The first-order chi connectivity index (χ1) is 18.9. The number of hydrogen-bond donors (Lipinski definition) is 3. The molecule has 2 heterocycles. The van der Waals surface area contributed by atoms with Crippen molar-refractivity contribution < 1.29 is 19.2 Å². The minimum Gasteiger partial charge on any atom is -0.344 e. The Hall–Kier alpha value is -2.60. The second kappa shape index (κ2) is 14.0. The monoisotopic (exact) mass is 573 g/mol. The molecule has 9 heteroatoms. The quantitative estimate of drug-likeness (QED) is 0.345. The molecule has 0 spiro atoms. The number of piperidine rings is 1. The third kappa shape index (κ3) is 10.3. The number of rotatable bonds is 10. The predicted octanol–water partition coefficient (Wildman–Crippen LogP) is 3.72. The van der Waals surface area contributed by atoms with Crippen LogP contribution in [0.2, 0.25) is 0 Å². The van der Waals surface area contributed by atoms with E-state index in [1.54, 1.807) is 4.90 Å². The highest BCUT2D eigenvalue weighted by Gasteiger charge is 2.43. The molecule has 0 aromatic heterocycles. The molecule has 41 heavy (non-hydrogen) atoms. The molecule has 0 aromatic rings. The van der Waals surface area contributed by atoms with Crippen LogP contribution in [0.4, 0.5) is 4.79 Å². The van der Waals surface area contributed by atoms with Gasteiger partial charge in [-0.25, -0.2) is 4.79 Å². The van der Waals surface area contributed by atoms with Gasteiger partial charge in [0.05, 0.1) is 6.04 Å². The summed E-state index contributed by atoms with van der Waals surface area (Å²) in [6.07, 6.45) is 9.49. The molecule has 2 fully saturated rings. The number of terminal acetylenes is 1. The molecular formula is C32H55N5O4. The fraction of sp³-hybridized carbons (Fsp3) is 0.812. The van der Waals surface area contributed by atoms with Gasteiger partial charge in [0, 0.05) is 25.6 Å². The smallest absolute Gasteiger partial charge is 0.315 e. The normalized spacial score (nSPS) is 21.8. The number of hydrogen-bond acceptors (Lipinski definition) is 5. The lowest BCUT2D eigenvalue weighted by Crippen LogP contribution is -2.61. The van der Waals surface area contributed by atoms with Gasteiger partial charge in [-0.1, -0.05) is 55.4 Å². The largest absolute Gasteiger partial charge is 0.344 e. The van der Waals surface area contributed by atoms with E-state index in [2.05, 4.69) is 61.4 Å². The first kappa shape index (κ1) is 34.6. The number of urea groups is 1. The highest BCUT2D eigenvalue weighted by Crippen LogP contribution is 2.31. The highest BCUT2D eigenvalue weighted by atomic mass is 16.2. The van der Waals surface area contributed by atoms with Gasteiger partial charge < -0.3 is 25.8 Å². The van der Waals surface area contributed by atoms with E-state index < -0.39 is 23.5 Å². The van der Waals surface area contributed by atoms with Crippen molar-refractivity contribution in [1.29, 1.82) is 0 Å². The highest BCUT2D eigenvalue weighted by molar-refractivity contribution is 5.94. The average molecular weight is 574 g/mol. The predicted molar refractivity (Wildman–Crippen MR) is 163 cm³/mol. The Bertz CT molecular complexity index is 978. The van der Waals surface area contributed by atoms with Crippen molar-refractivity contribution in [3.63, 3.8) is 0 Å². The summed E-state index contributed by atoms with van der Waals surface area (Å²) in [6, 6.07) is -2.72. The number of nitrogens with one attached hydrogen (secondary N) is 3. The van der Waals surface area contributed by atoms with Gasteiger partial charge in [-0.3, -0.25) is 14.4 Å². The van der Waals surface area contributed by atoms with Crippen molar-refractivity contribution in [1.82, 2.24) is 25.8 Å². The zero-order valence-corrected chi connectivity index (χ0v) is 27.0. The van der Waals surface area contributed by atoms with Crippen LogP contribution < -0.4 is 16.0 Å². The van der Waals surface area contributed by atoms with Gasteiger partial charge >= 0.3 is 6.03 Å². The summed E-state index contributed by atoms with van der Waals surface area (Å²) in [5, 5.41) is 8.94. The first-order valence-electron chi connectivity index (χ1n) is 15.2. The molecule has 0 aliphatic carbocycles. The Labute approximate surface area is 248 Å². The molecule has 0 bridgehead atoms. The zero-order valence-electron chi connectivity index (χ0n) is 27.0. The van der Waals surface area contributed by atoms with Crippen LogP contribution in [0.15, 0.2) is 0 Å². The maximum Gasteiger partial charge on any atom is 0.315 e. The number of ketones is 1. The molecule has 2 aliphatic rings. The molecule has 0 aromatic carbocycles. The van der Waals surface area contributed by atoms with Gasteiger partial charge in [0.2, 0.25) is 11.8 Å². The Balaban J connectivity index is 2.13. The third-order valence-electron chi connectivity index (χ3n) is 8.61. The van der Waals surface area contributed by atoms with Crippen LogP contribution in [0.25, 0.3) is 0 Å². The third-order valence-corrected chi connectivity index (χ3v) is 8.61. The summed E-state index contributed by atoms with van der Waals surface area (Å²) in [5.74, 6) is 1.68. The van der Waals surface area contributed by atoms with Gasteiger partial charge in [-0.05, 0) is 68.4 Å². The van der Waals surface area contributed by atoms with Crippen molar-refractivity contribution in [2.75, 3.05) is 26.2 Å². The maximum absolute atomic E-state index is 13.9. The van der Waals surface area contributed by atoms with E-state index >= 15 is 0 Å². The molecule has 2 aliphatic heterocycles. The van der Waals surface area contributed by atoms with E-state index in [1.165, 1.54) is 6.92 Å². The molecular weight excluding hydrogens is 518 g/mol. The summed E-state index contributed by atoms with van der Waals surface area (Å²) in [7, 11) is 0. The SMILES string of the molecule is C#CCCC(NC(=O)C1CCCN1C(=O)C(NC(=O)NC(CN1CCC(C)(C)CC1)C(C)(C)C)C(C)(C)C)C(C)=O. The molecule has 3 N–H and O–H groups in total. The van der Waals surface area contributed by atoms with E-state index in [0.717, 1.165) is 32.5 Å². The van der Waals surface area contributed by atoms with E-state index in [0.29, 0.717) is 37.6 Å². The van der Waals surface area contributed by atoms with Gasteiger partial charge in [0.15, 0.2) is 5.78 Å². The van der Waals surface area contributed by atoms with Gasteiger partial charge in [-0.2, -0.15) is 0 Å². The van der Waals surface area contributed by atoms with Crippen molar-refractivity contribution in [3.8, 4) is 12.3 Å². The van der Waals surface area contributed by atoms with Crippen molar-refractivity contribution in [3.05, 3.63) is 0 Å². The van der Waals surface area contributed by atoms with Crippen LogP contribution in [-0.4, -0.2) is 83.8 Å². The van der Waals surface area contributed by atoms with Crippen LogP contribution in [0.3, 0.4) is 0 Å². The summed E-state index contributed by atoms with van der Waals surface area (Å²) in [6.45, 7) is 21.2. The molecule has 2 saturated heterocycles. The lowest BCUT2D eigenvalue weighted by molar-refractivity contribution is -0.142. The van der Waals surface area contributed by atoms with E-state index in [1.807, 2.05) is 20.8 Å². The number of nitrogens with zero attached hydrogens (tertiary/aromatic N) is 2. The lowest BCUT2D eigenvalue weighted by Gasteiger charge is -2.41. The van der Waals surface area contributed by atoms with Gasteiger partial charge in [0.1, 0.15) is 12.1 Å². The Morgan fingerprint density at radius 3 is 2.07 bits per heavy atom. The van der Waals surface area contributed by atoms with Crippen LogP contribution in [-0.2, 0) is 14.4 Å². The number of likely N-dealkylation sites (tertiary alicyclic amines) is 2. The van der Waals surface area contributed by atoms with Crippen molar-refractivity contribution in [2.24, 2.45) is 16.2 Å². The first-order valence-corrected chi connectivity index (χ1v) is 15.2. The standard InChI is InChI=1S/C32H55N5O4/c1-11-12-14-23(22(2)38)33-27(39)24-15-13-18-37(24)28(40)26(31(6,7)8)35-29(41)34-25(30(3,4)5)21-36-19-16-32(9,10)17-20-36/h1,23-26H,12-21H2,2-10H3,(H,33,39)(H2,34,35,41). The second-order valence-corrected chi connectivity index (χ2v) is 14.9. The molecule has 2 rings (SSSR count). The zero-order chi connectivity index (χ0) is 31.2. The van der Waals surface area contributed by atoms with Crippen LogP contribution in [0, 0.1) is 28.6 Å². The molecule has 0 radical (unpaired) electrons. The van der Waals surface area contributed by atoms with Gasteiger partial charge in [0.25, 0.3) is 0 Å². The van der Waals surface area contributed by atoms with Crippen molar-refractivity contribution >= 4 is 23.6 Å². The summed E-state index contributed by atoms with van der Waals surface area (Å²) < 4.78 is 0. The number of carbonyl (C=O) groups is 4.